The van der Waals surface area contributed by atoms with Gasteiger partial charge in [-0.3, -0.25) is 9.78 Å². The van der Waals surface area contributed by atoms with Gasteiger partial charge in [0.2, 0.25) is 5.91 Å². The number of pyridine rings is 1. The van der Waals surface area contributed by atoms with E-state index in [1.165, 1.54) is 5.56 Å². The SMILES string of the molecule is Cc1ccc(CCN2CCNC(=O)CC2)nc1. The number of nitrogens with zero attached hydrogens (tertiary/aromatic N) is 2. The topological polar surface area (TPSA) is 45.2 Å². The first-order valence-corrected chi connectivity index (χ1v) is 6.14. The van der Waals surface area contributed by atoms with Gasteiger partial charge < -0.3 is 10.2 Å². The summed E-state index contributed by atoms with van der Waals surface area (Å²) < 4.78 is 0. The monoisotopic (exact) mass is 233 g/mol. The summed E-state index contributed by atoms with van der Waals surface area (Å²) in [6.07, 6.45) is 3.47. The van der Waals surface area contributed by atoms with Gasteiger partial charge in [0.1, 0.15) is 0 Å². The molecule has 4 nitrogen and oxygen atoms in total. The van der Waals surface area contributed by atoms with Crippen LogP contribution in [-0.4, -0.2) is 42.0 Å². The van der Waals surface area contributed by atoms with Gasteiger partial charge in [-0.05, 0) is 18.6 Å². The van der Waals surface area contributed by atoms with Crippen LogP contribution in [0.4, 0.5) is 0 Å². The van der Waals surface area contributed by atoms with Gasteiger partial charge >= 0.3 is 0 Å². The van der Waals surface area contributed by atoms with Crippen molar-refractivity contribution in [3.8, 4) is 0 Å². The summed E-state index contributed by atoms with van der Waals surface area (Å²) in [5.41, 5.74) is 2.32. The first kappa shape index (κ1) is 12.0. The minimum Gasteiger partial charge on any atom is -0.355 e. The standard InChI is InChI=1S/C13H19N3O/c1-11-2-3-12(15-10-11)4-7-16-8-5-13(17)14-6-9-16/h2-3,10H,4-9H2,1H3,(H,14,17). The maximum Gasteiger partial charge on any atom is 0.221 e. The Kier molecular flexibility index (Phi) is 4.09. The van der Waals surface area contributed by atoms with Crippen LogP contribution < -0.4 is 5.32 Å². The predicted octanol–water partition coefficient (Wildman–Crippen LogP) is 0.754. The second kappa shape index (κ2) is 5.77. The molecule has 92 valence electrons. The van der Waals surface area contributed by atoms with E-state index in [1.54, 1.807) is 0 Å². The Bertz CT molecular complexity index is 375. The van der Waals surface area contributed by atoms with Crippen molar-refractivity contribution in [1.29, 1.82) is 0 Å². The molecule has 2 rings (SSSR count). The van der Waals surface area contributed by atoms with Crippen LogP contribution in [0.5, 0.6) is 0 Å². The van der Waals surface area contributed by atoms with Crippen molar-refractivity contribution in [3.05, 3.63) is 29.6 Å². The Hall–Kier alpha value is -1.42. The lowest BCUT2D eigenvalue weighted by Crippen LogP contribution is -2.30. The average Bonchev–Trinajstić information content (AvgIpc) is 2.54. The zero-order chi connectivity index (χ0) is 12.1. The zero-order valence-corrected chi connectivity index (χ0v) is 10.3. The fourth-order valence-corrected chi connectivity index (χ4v) is 1.96. The van der Waals surface area contributed by atoms with E-state index in [0.717, 1.165) is 38.3 Å². The summed E-state index contributed by atoms with van der Waals surface area (Å²) in [4.78, 5) is 17.9. The van der Waals surface area contributed by atoms with Gasteiger partial charge in [-0.25, -0.2) is 0 Å². The van der Waals surface area contributed by atoms with Crippen molar-refractivity contribution < 1.29 is 4.79 Å². The third-order valence-electron chi connectivity index (χ3n) is 3.06. The highest BCUT2D eigenvalue weighted by molar-refractivity contribution is 5.76. The van der Waals surface area contributed by atoms with Crippen LogP contribution in [0.15, 0.2) is 18.3 Å². The van der Waals surface area contributed by atoms with E-state index in [-0.39, 0.29) is 5.91 Å². The number of hydrogen-bond donors (Lipinski definition) is 1. The van der Waals surface area contributed by atoms with Crippen LogP contribution in [-0.2, 0) is 11.2 Å². The summed E-state index contributed by atoms with van der Waals surface area (Å²) in [7, 11) is 0. The molecule has 4 heteroatoms. The highest BCUT2D eigenvalue weighted by atomic mass is 16.1. The van der Waals surface area contributed by atoms with Crippen molar-refractivity contribution in [2.24, 2.45) is 0 Å². The molecule has 1 aliphatic rings. The molecular formula is C13H19N3O. The number of nitrogens with one attached hydrogen (secondary N) is 1. The van der Waals surface area contributed by atoms with Crippen molar-refractivity contribution in [3.63, 3.8) is 0 Å². The fraction of sp³-hybridized carbons (Fsp3) is 0.538. The molecule has 0 unspecified atom stereocenters. The Morgan fingerprint density at radius 3 is 3.06 bits per heavy atom. The van der Waals surface area contributed by atoms with E-state index in [2.05, 4.69) is 27.3 Å². The molecule has 0 radical (unpaired) electrons. The molecule has 1 aliphatic heterocycles. The van der Waals surface area contributed by atoms with Crippen molar-refractivity contribution >= 4 is 5.91 Å². The summed E-state index contributed by atoms with van der Waals surface area (Å²) in [5, 5.41) is 2.88. The van der Waals surface area contributed by atoms with Crippen LogP contribution in [0.2, 0.25) is 0 Å². The molecule has 0 spiro atoms. The molecule has 1 N–H and O–H groups in total. The number of rotatable bonds is 3. The maximum absolute atomic E-state index is 11.2. The number of carbonyl (C=O) groups is 1. The minimum absolute atomic E-state index is 0.168. The van der Waals surface area contributed by atoms with Crippen molar-refractivity contribution in [2.45, 2.75) is 19.8 Å². The number of carbonyl (C=O) groups excluding carboxylic acids is 1. The second-order valence-corrected chi connectivity index (χ2v) is 4.52. The van der Waals surface area contributed by atoms with E-state index in [9.17, 15) is 4.79 Å². The first-order valence-electron chi connectivity index (χ1n) is 6.14. The molecule has 0 atom stereocenters. The molecular weight excluding hydrogens is 214 g/mol. The summed E-state index contributed by atoms with van der Waals surface area (Å²) in [6.45, 7) is 5.59. The van der Waals surface area contributed by atoms with E-state index in [0.29, 0.717) is 6.42 Å². The number of aryl methyl sites for hydroxylation is 1. The van der Waals surface area contributed by atoms with Gasteiger partial charge in [-0.1, -0.05) is 6.07 Å². The van der Waals surface area contributed by atoms with Crippen LogP contribution >= 0.6 is 0 Å². The van der Waals surface area contributed by atoms with E-state index in [1.807, 2.05) is 13.1 Å². The lowest BCUT2D eigenvalue weighted by Gasteiger charge is -2.18. The lowest BCUT2D eigenvalue weighted by atomic mass is 10.2. The van der Waals surface area contributed by atoms with Gasteiger partial charge in [0.15, 0.2) is 0 Å². The summed E-state index contributed by atoms with van der Waals surface area (Å²) in [5.74, 6) is 0.168. The highest BCUT2D eigenvalue weighted by Gasteiger charge is 2.12. The second-order valence-electron chi connectivity index (χ2n) is 4.52. The molecule has 17 heavy (non-hydrogen) atoms. The third kappa shape index (κ3) is 3.82. The smallest absolute Gasteiger partial charge is 0.221 e. The highest BCUT2D eigenvalue weighted by Crippen LogP contribution is 2.02. The van der Waals surface area contributed by atoms with Crippen LogP contribution in [0.25, 0.3) is 0 Å². The predicted molar refractivity (Wildman–Crippen MR) is 66.7 cm³/mol. The molecule has 1 saturated heterocycles. The van der Waals surface area contributed by atoms with E-state index < -0.39 is 0 Å². The maximum atomic E-state index is 11.2. The number of amides is 1. The Balaban J connectivity index is 1.81. The molecule has 0 aliphatic carbocycles. The fourth-order valence-electron chi connectivity index (χ4n) is 1.96. The van der Waals surface area contributed by atoms with Gasteiger partial charge in [0, 0.05) is 50.9 Å². The molecule has 0 saturated carbocycles. The first-order chi connectivity index (χ1) is 8.24. The van der Waals surface area contributed by atoms with Gasteiger partial charge in [-0.15, -0.1) is 0 Å². The Morgan fingerprint density at radius 1 is 1.41 bits per heavy atom. The molecule has 1 aromatic rings. The summed E-state index contributed by atoms with van der Waals surface area (Å²) in [6, 6.07) is 4.17. The third-order valence-corrected chi connectivity index (χ3v) is 3.06. The van der Waals surface area contributed by atoms with Crippen LogP contribution in [0, 0.1) is 6.92 Å². The molecule has 2 heterocycles. The Morgan fingerprint density at radius 2 is 2.29 bits per heavy atom. The van der Waals surface area contributed by atoms with Crippen molar-refractivity contribution in [2.75, 3.05) is 26.2 Å². The van der Waals surface area contributed by atoms with Crippen molar-refractivity contribution in [1.82, 2.24) is 15.2 Å². The number of aromatic nitrogens is 1. The molecule has 1 fully saturated rings. The minimum atomic E-state index is 0.168. The number of hydrogen-bond acceptors (Lipinski definition) is 3. The zero-order valence-electron chi connectivity index (χ0n) is 10.3. The quantitative estimate of drug-likeness (QED) is 0.838. The van der Waals surface area contributed by atoms with Crippen LogP contribution in [0.1, 0.15) is 17.7 Å². The normalized spacial score (nSPS) is 17.6. The molecule has 0 bridgehead atoms. The summed E-state index contributed by atoms with van der Waals surface area (Å²) >= 11 is 0. The van der Waals surface area contributed by atoms with E-state index >= 15 is 0 Å². The van der Waals surface area contributed by atoms with Gasteiger partial charge in [-0.2, -0.15) is 0 Å². The lowest BCUT2D eigenvalue weighted by molar-refractivity contribution is -0.120. The largest absolute Gasteiger partial charge is 0.355 e. The average molecular weight is 233 g/mol. The molecule has 1 amide bonds. The van der Waals surface area contributed by atoms with Crippen LogP contribution in [0.3, 0.4) is 0 Å². The molecule has 0 aromatic carbocycles. The Labute approximate surface area is 102 Å². The van der Waals surface area contributed by atoms with E-state index in [4.69, 9.17) is 0 Å². The molecule has 1 aromatic heterocycles. The van der Waals surface area contributed by atoms with Gasteiger partial charge in [0.25, 0.3) is 0 Å². The van der Waals surface area contributed by atoms with Gasteiger partial charge in [0.05, 0.1) is 0 Å².